The van der Waals surface area contributed by atoms with Crippen LogP contribution in [-0.4, -0.2) is 6.71 Å². The fourth-order valence-electron chi connectivity index (χ4n) is 10.4. The van der Waals surface area contributed by atoms with Gasteiger partial charge >= 0.3 is 0 Å². The highest BCUT2D eigenvalue weighted by Crippen LogP contribution is 2.52. The molecule has 9 rings (SSSR count). The Balaban J connectivity index is 1.44. The average molecular weight is 825 g/mol. The zero-order valence-corrected chi connectivity index (χ0v) is 41.2. The van der Waals surface area contributed by atoms with E-state index in [4.69, 9.17) is 0 Å². The summed E-state index contributed by atoms with van der Waals surface area (Å²) in [6, 6.07) is 34.6. The molecule has 4 heteroatoms. The van der Waals surface area contributed by atoms with Crippen LogP contribution in [0.25, 0.3) is 10.1 Å². The second-order valence-corrected chi connectivity index (χ2v) is 25.5. The predicted molar refractivity (Wildman–Crippen MR) is 271 cm³/mol. The molecule has 0 saturated heterocycles. The van der Waals surface area contributed by atoms with Crippen LogP contribution in [-0.2, 0) is 32.5 Å². The summed E-state index contributed by atoms with van der Waals surface area (Å²) in [7, 11) is 0. The molecule has 2 aliphatic heterocycles. The second-order valence-electron chi connectivity index (χ2n) is 24.4. The van der Waals surface area contributed by atoms with Gasteiger partial charge in [0.2, 0.25) is 0 Å². The summed E-state index contributed by atoms with van der Waals surface area (Å²) in [6.45, 7) is 40.5. The summed E-state index contributed by atoms with van der Waals surface area (Å²) in [5.41, 5.74) is 20.6. The molecule has 6 aromatic rings. The Bertz CT molecular complexity index is 2720. The van der Waals surface area contributed by atoms with E-state index in [1.807, 2.05) is 11.3 Å². The minimum atomic E-state index is -0.0149. The summed E-state index contributed by atoms with van der Waals surface area (Å²) in [6.07, 6.45) is 2.37. The molecule has 0 bridgehead atoms. The van der Waals surface area contributed by atoms with Crippen LogP contribution in [0.4, 0.5) is 34.1 Å². The first-order valence-electron chi connectivity index (χ1n) is 22.9. The molecule has 2 nitrogen and oxygen atoms in total. The lowest BCUT2D eigenvalue weighted by atomic mass is 9.35. The summed E-state index contributed by atoms with van der Waals surface area (Å²) < 4.78 is 2.81. The molecule has 0 unspecified atom stereocenters. The van der Waals surface area contributed by atoms with Gasteiger partial charge < -0.3 is 9.80 Å². The van der Waals surface area contributed by atoms with Crippen molar-refractivity contribution in [2.75, 3.05) is 9.80 Å². The third-order valence-electron chi connectivity index (χ3n) is 14.5. The minimum absolute atomic E-state index is 0.0149. The number of anilines is 6. The third kappa shape index (κ3) is 6.81. The fraction of sp³-hybridized carbons (Fsp3) is 0.439. The molecular weight excluding hydrogens is 756 g/mol. The molecule has 61 heavy (non-hydrogen) atoms. The molecule has 0 radical (unpaired) electrons. The van der Waals surface area contributed by atoms with E-state index in [0.29, 0.717) is 0 Å². The van der Waals surface area contributed by atoms with Gasteiger partial charge in [-0.2, -0.15) is 0 Å². The van der Waals surface area contributed by atoms with E-state index in [2.05, 4.69) is 212 Å². The summed E-state index contributed by atoms with van der Waals surface area (Å²) in [4.78, 5) is 5.34. The molecule has 0 fully saturated rings. The molecule has 0 saturated carbocycles. The lowest BCUT2D eigenvalue weighted by molar-refractivity contribution is 0.332. The second kappa shape index (κ2) is 13.4. The molecule has 1 aromatic heterocycles. The summed E-state index contributed by atoms with van der Waals surface area (Å²) in [5, 5.41) is 1.36. The predicted octanol–water partition coefficient (Wildman–Crippen LogP) is 14.8. The number of hydrogen-bond acceptors (Lipinski definition) is 3. The Morgan fingerprint density at radius 2 is 1.02 bits per heavy atom. The lowest BCUT2D eigenvalue weighted by Crippen LogP contribution is -2.61. The van der Waals surface area contributed by atoms with Crippen molar-refractivity contribution in [2.24, 2.45) is 0 Å². The van der Waals surface area contributed by atoms with Crippen LogP contribution in [0.2, 0.25) is 0 Å². The first-order chi connectivity index (χ1) is 28.1. The Morgan fingerprint density at radius 1 is 0.508 bits per heavy atom. The van der Waals surface area contributed by atoms with E-state index in [-0.39, 0.29) is 39.2 Å². The largest absolute Gasteiger partial charge is 0.311 e. The minimum Gasteiger partial charge on any atom is -0.311 e. The Morgan fingerprint density at radius 3 is 1.56 bits per heavy atom. The van der Waals surface area contributed by atoms with Crippen LogP contribution in [0.1, 0.15) is 163 Å². The zero-order chi connectivity index (χ0) is 44.1. The monoisotopic (exact) mass is 825 g/mol. The maximum Gasteiger partial charge on any atom is 0.264 e. The number of aryl methyl sites for hydroxylation is 1. The highest BCUT2D eigenvalue weighted by atomic mass is 32.1. The van der Waals surface area contributed by atoms with Crippen molar-refractivity contribution >= 4 is 78.0 Å². The molecule has 0 spiro atoms. The number of rotatable bonds is 2. The van der Waals surface area contributed by atoms with Gasteiger partial charge in [0.1, 0.15) is 0 Å². The van der Waals surface area contributed by atoms with Crippen molar-refractivity contribution in [3.8, 4) is 0 Å². The molecule has 0 atom stereocenters. The van der Waals surface area contributed by atoms with Gasteiger partial charge in [0, 0.05) is 43.3 Å². The van der Waals surface area contributed by atoms with Crippen LogP contribution >= 0.6 is 11.3 Å². The first-order valence-corrected chi connectivity index (χ1v) is 23.7. The molecule has 0 amide bonds. The Kier molecular flexibility index (Phi) is 9.22. The van der Waals surface area contributed by atoms with Crippen LogP contribution < -0.4 is 25.5 Å². The smallest absolute Gasteiger partial charge is 0.264 e. The van der Waals surface area contributed by atoms with Crippen molar-refractivity contribution in [3.05, 3.63) is 124 Å². The number of hydrogen-bond donors (Lipinski definition) is 0. The molecule has 5 aromatic carbocycles. The van der Waals surface area contributed by atoms with E-state index >= 15 is 0 Å². The Labute approximate surface area is 372 Å². The van der Waals surface area contributed by atoms with Gasteiger partial charge in [0.15, 0.2) is 0 Å². The van der Waals surface area contributed by atoms with Gasteiger partial charge in [0.05, 0.1) is 5.69 Å². The van der Waals surface area contributed by atoms with E-state index in [0.717, 1.165) is 0 Å². The Hall–Kier alpha value is -4.28. The van der Waals surface area contributed by atoms with E-state index in [1.54, 1.807) is 0 Å². The van der Waals surface area contributed by atoms with Gasteiger partial charge in [-0.15, -0.1) is 11.3 Å². The molecule has 3 aliphatic rings. The van der Waals surface area contributed by atoms with E-state index < -0.39 is 0 Å². The molecular formula is C57H69BN2S. The van der Waals surface area contributed by atoms with Crippen molar-refractivity contribution < 1.29 is 0 Å². The maximum absolute atomic E-state index is 2.69. The van der Waals surface area contributed by atoms with Gasteiger partial charge in [-0.3, -0.25) is 0 Å². The number of nitrogens with zero attached hydrogens (tertiary/aromatic N) is 2. The molecule has 316 valence electrons. The highest BCUT2D eigenvalue weighted by molar-refractivity contribution is 7.33. The normalized spacial score (nSPS) is 17.0. The van der Waals surface area contributed by atoms with Crippen molar-refractivity contribution in [3.63, 3.8) is 0 Å². The van der Waals surface area contributed by atoms with Gasteiger partial charge in [-0.05, 0) is 157 Å². The van der Waals surface area contributed by atoms with Crippen LogP contribution in [0.3, 0.4) is 0 Å². The third-order valence-corrected chi connectivity index (χ3v) is 15.8. The summed E-state index contributed by atoms with van der Waals surface area (Å²) in [5.74, 6) is 0. The van der Waals surface area contributed by atoms with Crippen molar-refractivity contribution in [2.45, 2.75) is 163 Å². The first kappa shape index (κ1) is 42.0. The standard InChI is InChI=1S/C57H69BN2S/c1-34-26-46-49-47(27-34)60(39-21-18-35(19-22-39)52(2,3)4)50-41-31-36(53(5,6)7)20-23-48(41)61-51(50)58(49)44-32-42-43(57(16,17)25-24-56(42,14)15)33-45(44)59(46)40-29-37(54(8,9)10)28-38(30-40)55(11,12)13/h18-23,26-33H,24-25H2,1-17H3. The number of thiophene rings is 1. The lowest BCUT2D eigenvalue weighted by Gasteiger charge is -2.47. The number of fused-ring (bicyclic) bond motifs is 7. The quantitative estimate of drug-likeness (QED) is 0.160. The average Bonchev–Trinajstić information content (AvgIpc) is 3.53. The van der Waals surface area contributed by atoms with Crippen LogP contribution in [0.5, 0.6) is 0 Å². The summed E-state index contributed by atoms with van der Waals surface area (Å²) >= 11 is 2.02. The van der Waals surface area contributed by atoms with Gasteiger partial charge in [-0.25, -0.2) is 0 Å². The van der Waals surface area contributed by atoms with Crippen LogP contribution in [0.15, 0.2) is 84.9 Å². The van der Waals surface area contributed by atoms with E-state index in [9.17, 15) is 0 Å². The number of benzene rings is 5. The molecule has 1 aliphatic carbocycles. The topological polar surface area (TPSA) is 6.48 Å². The van der Waals surface area contributed by atoms with Crippen molar-refractivity contribution in [1.29, 1.82) is 0 Å². The SMILES string of the molecule is Cc1cc2c3c(c1)N(c1ccc(C(C)(C)C)cc1)c1c(sc4ccc(C(C)(C)C)cc14)B3c1cc3c(cc1N2c1cc(C(C)(C)C)cc(C(C)(C)C)c1)C(C)(C)CCC3(C)C. The molecule has 0 N–H and O–H groups in total. The van der Waals surface area contributed by atoms with Gasteiger partial charge in [-0.1, -0.05) is 141 Å². The zero-order valence-electron chi connectivity index (χ0n) is 40.4. The maximum atomic E-state index is 2.69. The van der Waals surface area contributed by atoms with Gasteiger partial charge in [0.25, 0.3) is 6.71 Å². The highest BCUT2D eigenvalue weighted by Gasteiger charge is 2.48. The van der Waals surface area contributed by atoms with E-state index in [1.165, 1.54) is 112 Å². The van der Waals surface area contributed by atoms with Crippen LogP contribution in [0, 0.1) is 6.92 Å². The molecule has 3 heterocycles. The van der Waals surface area contributed by atoms with Crippen molar-refractivity contribution in [1.82, 2.24) is 0 Å². The fourth-order valence-corrected chi connectivity index (χ4v) is 11.7.